The highest BCUT2D eigenvalue weighted by molar-refractivity contribution is 5.91. The molecule has 0 saturated heterocycles. The van der Waals surface area contributed by atoms with Gasteiger partial charge in [-0.2, -0.15) is 9.78 Å². The topological polar surface area (TPSA) is 70.4 Å². The standard InChI is InChI=1S/C22H25FN2O4/c1-14-17(7-6-8-18(14)23)22(19(26)28-5)10-9-15(11-22)16-12-24-25(13-16)20(27)29-21(2,3)4/h6-8,11-13H,9-10H2,1-5H3. The molecule has 2 aromatic rings. The molecular formula is C22H25FN2O4. The molecule has 1 aromatic carbocycles. The summed E-state index contributed by atoms with van der Waals surface area (Å²) in [6.45, 7) is 6.99. The molecule has 0 aliphatic heterocycles. The van der Waals surface area contributed by atoms with Gasteiger partial charge in [0.05, 0.1) is 13.3 Å². The van der Waals surface area contributed by atoms with Crippen LogP contribution in [-0.2, 0) is 19.7 Å². The van der Waals surface area contributed by atoms with Crippen LogP contribution in [0.2, 0.25) is 0 Å². The summed E-state index contributed by atoms with van der Waals surface area (Å²) in [6.07, 6.45) is 5.36. The van der Waals surface area contributed by atoms with Crippen LogP contribution in [0.5, 0.6) is 0 Å². The maximum Gasteiger partial charge on any atom is 0.435 e. The Morgan fingerprint density at radius 1 is 1.28 bits per heavy atom. The van der Waals surface area contributed by atoms with E-state index < -0.39 is 23.1 Å². The molecule has 0 fully saturated rings. The number of carbonyl (C=O) groups excluding carboxylic acids is 2. The number of benzene rings is 1. The number of hydrogen-bond acceptors (Lipinski definition) is 5. The summed E-state index contributed by atoms with van der Waals surface area (Å²) in [5, 5.41) is 4.09. The van der Waals surface area contributed by atoms with E-state index in [1.54, 1.807) is 58.3 Å². The molecule has 1 unspecified atom stereocenters. The third-order valence-electron chi connectivity index (χ3n) is 5.04. The molecule has 1 aliphatic carbocycles. The smallest absolute Gasteiger partial charge is 0.435 e. The largest absolute Gasteiger partial charge is 0.468 e. The van der Waals surface area contributed by atoms with Crippen molar-refractivity contribution in [2.24, 2.45) is 0 Å². The minimum absolute atomic E-state index is 0.370. The quantitative estimate of drug-likeness (QED) is 0.714. The Morgan fingerprint density at radius 2 is 2.00 bits per heavy atom. The van der Waals surface area contributed by atoms with Crippen molar-refractivity contribution in [2.45, 2.75) is 51.6 Å². The molecular weight excluding hydrogens is 375 g/mol. The Hall–Kier alpha value is -2.96. The molecule has 154 valence electrons. The summed E-state index contributed by atoms with van der Waals surface area (Å²) in [4.78, 5) is 25.0. The van der Waals surface area contributed by atoms with Crippen molar-refractivity contribution >= 4 is 17.6 Å². The van der Waals surface area contributed by atoms with Crippen LogP contribution in [-0.4, -0.2) is 34.6 Å². The second kappa shape index (κ2) is 7.46. The number of ether oxygens (including phenoxy) is 2. The highest BCUT2D eigenvalue weighted by atomic mass is 19.1. The first-order chi connectivity index (χ1) is 13.6. The van der Waals surface area contributed by atoms with Crippen LogP contribution in [0.1, 0.15) is 50.3 Å². The molecule has 1 heterocycles. The van der Waals surface area contributed by atoms with Gasteiger partial charge in [0.15, 0.2) is 0 Å². The van der Waals surface area contributed by atoms with Crippen molar-refractivity contribution in [3.05, 3.63) is 59.2 Å². The van der Waals surface area contributed by atoms with Crippen LogP contribution in [0.4, 0.5) is 9.18 Å². The number of nitrogens with zero attached hydrogens (tertiary/aromatic N) is 2. The normalized spacial score (nSPS) is 19.0. The fourth-order valence-electron chi connectivity index (χ4n) is 3.65. The molecule has 1 aliphatic rings. The van der Waals surface area contributed by atoms with Crippen molar-refractivity contribution < 1.29 is 23.5 Å². The van der Waals surface area contributed by atoms with E-state index in [1.165, 1.54) is 13.2 Å². The van der Waals surface area contributed by atoms with E-state index in [1.807, 2.05) is 0 Å². The van der Waals surface area contributed by atoms with Crippen molar-refractivity contribution in [3.63, 3.8) is 0 Å². The van der Waals surface area contributed by atoms with Gasteiger partial charge in [-0.3, -0.25) is 4.79 Å². The van der Waals surface area contributed by atoms with Crippen molar-refractivity contribution in [2.75, 3.05) is 7.11 Å². The van der Waals surface area contributed by atoms with Crippen LogP contribution in [0.15, 0.2) is 36.7 Å². The second-order valence-electron chi connectivity index (χ2n) is 8.20. The van der Waals surface area contributed by atoms with Gasteiger partial charge in [0.1, 0.15) is 16.8 Å². The van der Waals surface area contributed by atoms with E-state index in [-0.39, 0.29) is 5.82 Å². The van der Waals surface area contributed by atoms with Gasteiger partial charge < -0.3 is 9.47 Å². The fourth-order valence-corrected chi connectivity index (χ4v) is 3.65. The first-order valence-electron chi connectivity index (χ1n) is 9.41. The van der Waals surface area contributed by atoms with E-state index in [2.05, 4.69) is 5.10 Å². The van der Waals surface area contributed by atoms with Gasteiger partial charge in [-0.05, 0) is 63.3 Å². The molecule has 0 bridgehead atoms. The molecule has 1 atom stereocenters. The van der Waals surface area contributed by atoms with E-state index in [0.717, 1.165) is 10.3 Å². The summed E-state index contributed by atoms with van der Waals surface area (Å²) in [7, 11) is 1.32. The molecule has 0 spiro atoms. The van der Waals surface area contributed by atoms with Gasteiger partial charge in [-0.1, -0.05) is 18.2 Å². The number of rotatable bonds is 3. The summed E-state index contributed by atoms with van der Waals surface area (Å²) in [6, 6.07) is 4.71. The van der Waals surface area contributed by atoms with Crippen LogP contribution in [0.25, 0.3) is 5.57 Å². The van der Waals surface area contributed by atoms with Crippen molar-refractivity contribution in [1.82, 2.24) is 9.78 Å². The molecule has 6 nitrogen and oxygen atoms in total. The predicted octanol–water partition coefficient (Wildman–Crippen LogP) is 4.40. The lowest BCUT2D eigenvalue weighted by atomic mass is 9.78. The SMILES string of the molecule is COC(=O)C1(c2cccc(F)c2C)C=C(c2cnn(C(=O)OC(C)(C)C)c2)CC1. The molecule has 0 N–H and O–H groups in total. The third-order valence-corrected chi connectivity index (χ3v) is 5.04. The number of carbonyl (C=O) groups is 2. The lowest BCUT2D eigenvalue weighted by molar-refractivity contribution is -0.145. The maximum atomic E-state index is 14.2. The first kappa shape index (κ1) is 20.8. The molecule has 3 rings (SSSR count). The summed E-state index contributed by atoms with van der Waals surface area (Å²) >= 11 is 0. The Bertz CT molecular complexity index is 987. The Labute approximate surface area is 169 Å². The van der Waals surface area contributed by atoms with Gasteiger partial charge >= 0.3 is 12.1 Å². The number of hydrogen-bond donors (Lipinski definition) is 0. The van der Waals surface area contributed by atoms with Gasteiger partial charge in [0.25, 0.3) is 0 Å². The minimum atomic E-state index is -1.08. The van der Waals surface area contributed by atoms with E-state index in [0.29, 0.717) is 29.5 Å². The molecule has 0 radical (unpaired) electrons. The minimum Gasteiger partial charge on any atom is -0.468 e. The number of methoxy groups -OCH3 is 1. The van der Waals surface area contributed by atoms with E-state index in [9.17, 15) is 14.0 Å². The Morgan fingerprint density at radius 3 is 2.66 bits per heavy atom. The van der Waals surface area contributed by atoms with Crippen LogP contribution in [0, 0.1) is 12.7 Å². The monoisotopic (exact) mass is 400 g/mol. The zero-order chi connectivity index (χ0) is 21.4. The Balaban J connectivity index is 1.99. The van der Waals surface area contributed by atoms with E-state index in [4.69, 9.17) is 9.47 Å². The van der Waals surface area contributed by atoms with Crippen LogP contribution < -0.4 is 0 Å². The first-order valence-corrected chi connectivity index (χ1v) is 9.41. The fraction of sp³-hybridized carbons (Fsp3) is 0.409. The zero-order valence-corrected chi connectivity index (χ0v) is 17.3. The summed E-state index contributed by atoms with van der Waals surface area (Å²) in [5.74, 6) is -0.814. The predicted molar refractivity (Wildman–Crippen MR) is 106 cm³/mol. The number of esters is 1. The third kappa shape index (κ3) is 3.95. The van der Waals surface area contributed by atoms with Crippen LogP contribution >= 0.6 is 0 Å². The highest BCUT2D eigenvalue weighted by Gasteiger charge is 2.44. The molecule has 0 amide bonds. The van der Waals surface area contributed by atoms with Gasteiger partial charge in [0, 0.05) is 11.8 Å². The Kier molecular flexibility index (Phi) is 5.34. The van der Waals surface area contributed by atoms with Crippen LogP contribution in [0.3, 0.4) is 0 Å². The highest BCUT2D eigenvalue weighted by Crippen LogP contribution is 2.45. The average Bonchev–Trinajstić information content (AvgIpc) is 3.29. The van der Waals surface area contributed by atoms with Gasteiger partial charge in [-0.25, -0.2) is 9.18 Å². The number of aromatic nitrogens is 2. The van der Waals surface area contributed by atoms with Gasteiger partial charge in [0.2, 0.25) is 0 Å². The number of halogens is 1. The van der Waals surface area contributed by atoms with Crippen molar-refractivity contribution in [3.8, 4) is 0 Å². The number of allylic oxidation sites excluding steroid dienone is 1. The van der Waals surface area contributed by atoms with E-state index >= 15 is 0 Å². The molecule has 7 heteroatoms. The lowest BCUT2D eigenvalue weighted by Gasteiger charge is -2.26. The zero-order valence-electron chi connectivity index (χ0n) is 17.3. The summed E-state index contributed by atoms with van der Waals surface area (Å²) in [5.41, 5.74) is 0.831. The average molecular weight is 400 g/mol. The maximum absolute atomic E-state index is 14.2. The van der Waals surface area contributed by atoms with Gasteiger partial charge in [-0.15, -0.1) is 0 Å². The second-order valence-corrected chi connectivity index (χ2v) is 8.20. The lowest BCUT2D eigenvalue weighted by Crippen LogP contribution is -2.34. The molecule has 29 heavy (non-hydrogen) atoms. The van der Waals surface area contributed by atoms with Crippen molar-refractivity contribution in [1.29, 1.82) is 0 Å². The molecule has 0 saturated carbocycles. The summed E-state index contributed by atoms with van der Waals surface area (Å²) < 4.78 is 25.7. The molecule has 1 aromatic heterocycles.